The number of hydrogen-bond donors (Lipinski definition) is 1. The van der Waals surface area contributed by atoms with Crippen LogP contribution >= 0.6 is 0 Å². The standard InChI is InChI=1S/C11H15N3/c12-7-9-6-11(13)14(8-9)10-4-2-1-3-5-10/h8,10,13H,1-6H2. The van der Waals surface area contributed by atoms with Gasteiger partial charge in [-0.25, -0.2) is 0 Å². The molecule has 1 heterocycles. The number of hydrogen-bond acceptors (Lipinski definition) is 2. The molecule has 0 unspecified atom stereocenters. The SMILES string of the molecule is N#CC1=CN(C2CCCCC2)C(=N)C1. The molecule has 1 aliphatic heterocycles. The Labute approximate surface area is 84.5 Å². The maximum Gasteiger partial charge on any atom is 0.105 e. The lowest BCUT2D eigenvalue weighted by Gasteiger charge is -2.30. The van der Waals surface area contributed by atoms with Crippen LogP contribution in [-0.2, 0) is 0 Å². The summed E-state index contributed by atoms with van der Waals surface area (Å²) in [6.07, 6.45) is 8.63. The normalized spacial score (nSPS) is 23.5. The largest absolute Gasteiger partial charge is 0.333 e. The van der Waals surface area contributed by atoms with Crippen molar-refractivity contribution in [2.24, 2.45) is 0 Å². The zero-order chi connectivity index (χ0) is 9.97. The van der Waals surface area contributed by atoms with Gasteiger partial charge in [-0.15, -0.1) is 0 Å². The molecule has 0 radical (unpaired) electrons. The summed E-state index contributed by atoms with van der Waals surface area (Å²) < 4.78 is 0. The van der Waals surface area contributed by atoms with Gasteiger partial charge in [-0.1, -0.05) is 19.3 Å². The molecule has 2 aliphatic rings. The van der Waals surface area contributed by atoms with E-state index in [-0.39, 0.29) is 0 Å². The molecule has 0 atom stereocenters. The third-order valence-electron chi connectivity index (χ3n) is 3.08. The van der Waals surface area contributed by atoms with E-state index in [9.17, 15) is 0 Å². The van der Waals surface area contributed by atoms with E-state index in [4.69, 9.17) is 10.7 Å². The van der Waals surface area contributed by atoms with Crippen LogP contribution in [0.15, 0.2) is 11.8 Å². The Bertz CT molecular complexity index is 305. The third kappa shape index (κ3) is 1.65. The third-order valence-corrected chi connectivity index (χ3v) is 3.08. The second-order valence-electron chi connectivity index (χ2n) is 4.09. The van der Waals surface area contributed by atoms with Crippen molar-refractivity contribution in [3.8, 4) is 6.07 Å². The van der Waals surface area contributed by atoms with E-state index in [1.165, 1.54) is 32.1 Å². The van der Waals surface area contributed by atoms with Gasteiger partial charge in [0.15, 0.2) is 0 Å². The molecule has 0 aromatic rings. The second-order valence-corrected chi connectivity index (χ2v) is 4.09. The lowest BCUT2D eigenvalue weighted by Crippen LogP contribution is -2.34. The van der Waals surface area contributed by atoms with Crippen molar-refractivity contribution in [2.45, 2.75) is 44.6 Å². The molecule has 0 bridgehead atoms. The van der Waals surface area contributed by atoms with Crippen molar-refractivity contribution in [3.05, 3.63) is 11.8 Å². The van der Waals surface area contributed by atoms with Crippen molar-refractivity contribution in [1.82, 2.24) is 4.90 Å². The van der Waals surface area contributed by atoms with Crippen molar-refractivity contribution >= 4 is 5.84 Å². The Hall–Kier alpha value is -1.30. The van der Waals surface area contributed by atoms with E-state index in [1.54, 1.807) is 0 Å². The van der Waals surface area contributed by atoms with Gasteiger partial charge in [0, 0.05) is 18.7 Å². The summed E-state index contributed by atoms with van der Waals surface area (Å²) in [5.74, 6) is 0.605. The molecule has 2 rings (SSSR count). The minimum Gasteiger partial charge on any atom is -0.333 e. The number of nitrogens with zero attached hydrogens (tertiary/aromatic N) is 2. The van der Waals surface area contributed by atoms with E-state index >= 15 is 0 Å². The van der Waals surface area contributed by atoms with Crippen LogP contribution in [0.25, 0.3) is 0 Å². The Balaban J connectivity index is 2.06. The highest BCUT2D eigenvalue weighted by atomic mass is 15.2. The lowest BCUT2D eigenvalue weighted by atomic mass is 9.94. The summed E-state index contributed by atoms with van der Waals surface area (Å²) in [6, 6.07) is 2.63. The Morgan fingerprint density at radius 2 is 2.07 bits per heavy atom. The lowest BCUT2D eigenvalue weighted by molar-refractivity contribution is 0.301. The molecule has 1 aliphatic carbocycles. The van der Waals surface area contributed by atoms with Crippen LogP contribution in [0.1, 0.15) is 38.5 Å². The summed E-state index contributed by atoms with van der Waals surface area (Å²) in [5, 5.41) is 16.6. The maximum atomic E-state index is 8.76. The van der Waals surface area contributed by atoms with Gasteiger partial charge < -0.3 is 4.90 Å². The molecule has 0 saturated heterocycles. The van der Waals surface area contributed by atoms with Gasteiger partial charge in [-0.2, -0.15) is 5.26 Å². The van der Waals surface area contributed by atoms with Crippen LogP contribution in [0, 0.1) is 16.7 Å². The van der Waals surface area contributed by atoms with Crippen molar-refractivity contribution in [3.63, 3.8) is 0 Å². The Kier molecular flexibility index (Phi) is 2.53. The topological polar surface area (TPSA) is 50.9 Å². The van der Waals surface area contributed by atoms with E-state index in [2.05, 4.69) is 6.07 Å². The van der Waals surface area contributed by atoms with Crippen LogP contribution in [0.2, 0.25) is 0 Å². The minimum atomic E-state index is 0.488. The monoisotopic (exact) mass is 189 g/mol. The van der Waals surface area contributed by atoms with Crippen LogP contribution in [0.4, 0.5) is 0 Å². The predicted molar refractivity (Wildman–Crippen MR) is 54.8 cm³/mol. The Morgan fingerprint density at radius 1 is 1.36 bits per heavy atom. The highest BCUT2D eigenvalue weighted by molar-refractivity contribution is 5.86. The molecule has 74 valence electrons. The van der Waals surface area contributed by atoms with E-state index < -0.39 is 0 Å². The van der Waals surface area contributed by atoms with Gasteiger partial charge in [0.25, 0.3) is 0 Å². The van der Waals surface area contributed by atoms with E-state index in [1.807, 2.05) is 11.1 Å². The molecule has 3 heteroatoms. The number of rotatable bonds is 1. The first-order valence-corrected chi connectivity index (χ1v) is 5.28. The fourth-order valence-electron chi connectivity index (χ4n) is 2.32. The number of nitriles is 1. The fourth-order valence-corrected chi connectivity index (χ4v) is 2.32. The predicted octanol–water partition coefficient (Wildman–Crippen LogP) is 2.41. The van der Waals surface area contributed by atoms with Crippen LogP contribution < -0.4 is 0 Å². The smallest absolute Gasteiger partial charge is 0.105 e. The quantitative estimate of drug-likeness (QED) is 0.688. The first kappa shape index (κ1) is 9.26. The van der Waals surface area contributed by atoms with E-state index in [0.717, 1.165) is 5.57 Å². The zero-order valence-electron chi connectivity index (χ0n) is 8.29. The second kappa shape index (κ2) is 3.83. The highest BCUT2D eigenvalue weighted by Gasteiger charge is 2.26. The summed E-state index contributed by atoms with van der Waals surface area (Å²) in [6.45, 7) is 0. The van der Waals surface area contributed by atoms with Crippen molar-refractivity contribution in [1.29, 1.82) is 10.7 Å². The molecule has 1 N–H and O–H groups in total. The van der Waals surface area contributed by atoms with Crippen LogP contribution in [0.3, 0.4) is 0 Å². The average Bonchev–Trinajstić information content (AvgIpc) is 2.61. The zero-order valence-corrected chi connectivity index (χ0v) is 8.29. The van der Waals surface area contributed by atoms with Crippen LogP contribution in [0.5, 0.6) is 0 Å². The highest BCUT2D eigenvalue weighted by Crippen LogP contribution is 2.27. The molecular formula is C11H15N3. The Morgan fingerprint density at radius 3 is 2.64 bits per heavy atom. The first-order valence-electron chi connectivity index (χ1n) is 5.28. The molecule has 0 amide bonds. The molecule has 0 aromatic carbocycles. The van der Waals surface area contributed by atoms with Crippen LogP contribution in [-0.4, -0.2) is 16.8 Å². The summed E-state index contributed by atoms with van der Waals surface area (Å²) in [7, 11) is 0. The number of amidine groups is 1. The molecule has 1 saturated carbocycles. The van der Waals surface area contributed by atoms with Crippen molar-refractivity contribution in [2.75, 3.05) is 0 Å². The number of nitrogens with one attached hydrogen (secondary N) is 1. The van der Waals surface area contributed by atoms with Gasteiger partial charge >= 0.3 is 0 Å². The minimum absolute atomic E-state index is 0.488. The molecule has 0 spiro atoms. The summed E-state index contributed by atoms with van der Waals surface area (Å²) in [5.41, 5.74) is 0.737. The van der Waals surface area contributed by atoms with Gasteiger partial charge in [0.05, 0.1) is 11.6 Å². The van der Waals surface area contributed by atoms with Gasteiger partial charge in [-0.05, 0) is 12.8 Å². The van der Waals surface area contributed by atoms with E-state index in [0.29, 0.717) is 18.3 Å². The maximum absolute atomic E-state index is 8.76. The molecular weight excluding hydrogens is 174 g/mol. The first-order chi connectivity index (χ1) is 6.81. The summed E-state index contributed by atoms with van der Waals surface area (Å²) >= 11 is 0. The molecule has 3 nitrogen and oxygen atoms in total. The molecule has 0 aromatic heterocycles. The summed E-state index contributed by atoms with van der Waals surface area (Å²) in [4.78, 5) is 2.01. The molecule has 1 fully saturated rings. The molecule has 14 heavy (non-hydrogen) atoms. The average molecular weight is 189 g/mol. The van der Waals surface area contributed by atoms with Gasteiger partial charge in [0.2, 0.25) is 0 Å². The fraction of sp³-hybridized carbons (Fsp3) is 0.636. The van der Waals surface area contributed by atoms with Crippen molar-refractivity contribution < 1.29 is 0 Å². The van der Waals surface area contributed by atoms with Gasteiger partial charge in [0.1, 0.15) is 5.84 Å². The van der Waals surface area contributed by atoms with Gasteiger partial charge in [-0.3, -0.25) is 5.41 Å².